The van der Waals surface area contributed by atoms with E-state index in [9.17, 15) is 0 Å². The van der Waals surface area contributed by atoms with E-state index in [1.54, 1.807) is 12.4 Å². The molecule has 0 saturated carbocycles. The third-order valence-corrected chi connectivity index (χ3v) is 4.61. The van der Waals surface area contributed by atoms with Crippen LogP contribution in [0.3, 0.4) is 0 Å². The maximum absolute atomic E-state index is 4.70. The van der Waals surface area contributed by atoms with E-state index in [2.05, 4.69) is 33.9 Å². The largest absolute Gasteiger partial charge is 0.360 e. The van der Waals surface area contributed by atoms with Crippen LogP contribution in [0.15, 0.2) is 73.2 Å². The van der Waals surface area contributed by atoms with Gasteiger partial charge < -0.3 is 4.90 Å². The van der Waals surface area contributed by atoms with Crippen LogP contribution in [0.4, 0.5) is 5.82 Å². The van der Waals surface area contributed by atoms with Gasteiger partial charge in [0.2, 0.25) is 0 Å². The summed E-state index contributed by atoms with van der Waals surface area (Å²) in [7, 11) is 2.02. The Hall–Kier alpha value is -3.54. The van der Waals surface area contributed by atoms with E-state index in [1.165, 1.54) is 0 Å². The highest BCUT2D eigenvalue weighted by molar-refractivity contribution is 5.68. The minimum atomic E-state index is 0.648. The second-order valence-corrected chi connectivity index (χ2v) is 6.55. The summed E-state index contributed by atoms with van der Waals surface area (Å²) in [6.07, 6.45) is 5.58. The number of nitrogens with zero attached hydrogens (tertiary/aromatic N) is 6. The molecular formula is C22H22N6. The third kappa shape index (κ3) is 3.91. The van der Waals surface area contributed by atoms with E-state index in [4.69, 9.17) is 10.1 Å². The summed E-state index contributed by atoms with van der Waals surface area (Å²) < 4.78 is 1.90. The first-order valence-corrected chi connectivity index (χ1v) is 9.31. The summed E-state index contributed by atoms with van der Waals surface area (Å²) in [5, 5.41) is 4.70. The van der Waals surface area contributed by atoms with Crippen molar-refractivity contribution >= 4 is 5.82 Å². The molecule has 0 fully saturated rings. The molecule has 0 bridgehead atoms. The van der Waals surface area contributed by atoms with E-state index < -0.39 is 0 Å². The van der Waals surface area contributed by atoms with Crippen LogP contribution in [0.5, 0.6) is 0 Å². The number of benzene rings is 1. The van der Waals surface area contributed by atoms with Crippen LogP contribution in [0.25, 0.3) is 22.6 Å². The molecule has 0 unspecified atom stereocenters. The van der Waals surface area contributed by atoms with Crippen LogP contribution in [-0.4, -0.2) is 38.3 Å². The Morgan fingerprint density at radius 2 is 1.82 bits per heavy atom. The lowest BCUT2D eigenvalue weighted by atomic mass is 10.1. The SMILES string of the molecule is CCN(C)c1ccnc(-c2cccc(-c3ccn(Cc4ccccn4)n3)c2)n1. The van der Waals surface area contributed by atoms with Crippen LogP contribution < -0.4 is 4.90 Å². The number of anilines is 1. The Morgan fingerprint density at radius 1 is 0.929 bits per heavy atom. The van der Waals surface area contributed by atoms with Gasteiger partial charge in [0.15, 0.2) is 5.82 Å². The molecule has 140 valence electrons. The van der Waals surface area contributed by atoms with Crippen molar-refractivity contribution in [1.82, 2.24) is 24.7 Å². The molecule has 6 nitrogen and oxygen atoms in total. The maximum atomic E-state index is 4.70. The minimum Gasteiger partial charge on any atom is -0.360 e. The zero-order valence-electron chi connectivity index (χ0n) is 16.0. The highest BCUT2D eigenvalue weighted by Gasteiger charge is 2.09. The standard InChI is InChI=1S/C22H22N6/c1-3-27(2)21-10-13-24-22(25-21)18-8-6-7-17(15-18)20-11-14-28(26-20)16-19-9-4-5-12-23-19/h4-15H,3,16H2,1-2H3. The first-order valence-electron chi connectivity index (χ1n) is 9.31. The van der Waals surface area contributed by atoms with E-state index in [0.29, 0.717) is 12.4 Å². The lowest BCUT2D eigenvalue weighted by molar-refractivity contribution is 0.675. The molecule has 6 heteroatoms. The molecule has 0 aliphatic rings. The number of hydrogen-bond acceptors (Lipinski definition) is 5. The number of hydrogen-bond donors (Lipinski definition) is 0. The summed E-state index contributed by atoms with van der Waals surface area (Å²) in [4.78, 5) is 15.6. The molecule has 0 N–H and O–H groups in total. The second kappa shape index (κ2) is 8.00. The van der Waals surface area contributed by atoms with Gasteiger partial charge in [-0.2, -0.15) is 5.10 Å². The zero-order valence-corrected chi connectivity index (χ0v) is 16.0. The van der Waals surface area contributed by atoms with E-state index in [1.807, 2.05) is 60.4 Å². The van der Waals surface area contributed by atoms with Crippen LogP contribution in [0.1, 0.15) is 12.6 Å². The predicted molar refractivity (Wildman–Crippen MR) is 111 cm³/mol. The molecular weight excluding hydrogens is 348 g/mol. The van der Waals surface area contributed by atoms with Gasteiger partial charge in [0.1, 0.15) is 5.82 Å². The Morgan fingerprint density at radius 3 is 2.64 bits per heavy atom. The molecule has 0 atom stereocenters. The van der Waals surface area contributed by atoms with Crippen LogP contribution in [-0.2, 0) is 6.54 Å². The van der Waals surface area contributed by atoms with Gasteiger partial charge in [-0.25, -0.2) is 9.97 Å². The van der Waals surface area contributed by atoms with Crippen LogP contribution in [0, 0.1) is 0 Å². The minimum absolute atomic E-state index is 0.648. The van der Waals surface area contributed by atoms with E-state index >= 15 is 0 Å². The van der Waals surface area contributed by atoms with Crippen molar-refractivity contribution in [3.8, 4) is 22.6 Å². The molecule has 3 aromatic heterocycles. The average Bonchev–Trinajstić information content (AvgIpc) is 3.22. The fourth-order valence-corrected chi connectivity index (χ4v) is 2.94. The molecule has 4 rings (SSSR count). The van der Waals surface area contributed by atoms with Crippen molar-refractivity contribution in [3.63, 3.8) is 0 Å². The molecule has 3 heterocycles. The highest BCUT2D eigenvalue weighted by atomic mass is 15.3. The third-order valence-electron chi connectivity index (χ3n) is 4.61. The maximum Gasteiger partial charge on any atom is 0.161 e. The monoisotopic (exact) mass is 370 g/mol. The normalized spacial score (nSPS) is 10.8. The second-order valence-electron chi connectivity index (χ2n) is 6.55. The number of pyridine rings is 1. The summed E-state index contributed by atoms with van der Waals surface area (Å²) in [5.74, 6) is 1.63. The number of aromatic nitrogens is 5. The topological polar surface area (TPSA) is 59.7 Å². The molecule has 0 amide bonds. The van der Waals surface area contributed by atoms with E-state index in [-0.39, 0.29) is 0 Å². The molecule has 0 aliphatic carbocycles. The van der Waals surface area contributed by atoms with Crippen molar-refractivity contribution in [3.05, 3.63) is 78.9 Å². The lowest BCUT2D eigenvalue weighted by Crippen LogP contribution is -2.17. The molecule has 1 aromatic carbocycles. The van der Waals surface area contributed by atoms with Gasteiger partial charge in [0.25, 0.3) is 0 Å². The van der Waals surface area contributed by atoms with Crippen molar-refractivity contribution in [2.45, 2.75) is 13.5 Å². The Kier molecular flexibility index (Phi) is 5.10. The number of rotatable bonds is 6. The fraction of sp³-hybridized carbons (Fsp3) is 0.182. The Balaban J connectivity index is 1.59. The predicted octanol–water partition coefficient (Wildman–Crippen LogP) is 3.91. The van der Waals surface area contributed by atoms with Gasteiger partial charge in [0.05, 0.1) is 17.9 Å². The molecule has 0 saturated heterocycles. The van der Waals surface area contributed by atoms with Gasteiger partial charge >= 0.3 is 0 Å². The van der Waals surface area contributed by atoms with Crippen molar-refractivity contribution in [2.24, 2.45) is 0 Å². The summed E-state index contributed by atoms with van der Waals surface area (Å²) in [6, 6.07) is 18.0. The fourth-order valence-electron chi connectivity index (χ4n) is 2.94. The van der Waals surface area contributed by atoms with Gasteiger partial charge in [0, 0.05) is 43.3 Å². The van der Waals surface area contributed by atoms with Gasteiger partial charge in [-0.05, 0) is 37.3 Å². The Labute approximate surface area is 164 Å². The Bertz CT molecular complexity index is 1060. The summed E-state index contributed by atoms with van der Waals surface area (Å²) in [5.41, 5.74) is 3.91. The first-order chi connectivity index (χ1) is 13.7. The first kappa shape index (κ1) is 17.9. The summed E-state index contributed by atoms with van der Waals surface area (Å²) in [6.45, 7) is 3.64. The van der Waals surface area contributed by atoms with Crippen LogP contribution in [0.2, 0.25) is 0 Å². The van der Waals surface area contributed by atoms with Crippen molar-refractivity contribution < 1.29 is 0 Å². The summed E-state index contributed by atoms with van der Waals surface area (Å²) >= 11 is 0. The van der Waals surface area contributed by atoms with Gasteiger partial charge in [-0.15, -0.1) is 0 Å². The van der Waals surface area contributed by atoms with E-state index in [0.717, 1.165) is 34.9 Å². The molecule has 28 heavy (non-hydrogen) atoms. The van der Waals surface area contributed by atoms with Gasteiger partial charge in [-0.3, -0.25) is 9.67 Å². The highest BCUT2D eigenvalue weighted by Crippen LogP contribution is 2.24. The average molecular weight is 370 g/mol. The smallest absolute Gasteiger partial charge is 0.161 e. The quantitative estimate of drug-likeness (QED) is 0.515. The van der Waals surface area contributed by atoms with Crippen molar-refractivity contribution in [2.75, 3.05) is 18.5 Å². The molecule has 0 spiro atoms. The van der Waals surface area contributed by atoms with Crippen molar-refractivity contribution in [1.29, 1.82) is 0 Å². The molecule has 0 radical (unpaired) electrons. The van der Waals surface area contributed by atoms with Crippen LogP contribution >= 0.6 is 0 Å². The van der Waals surface area contributed by atoms with Gasteiger partial charge in [-0.1, -0.05) is 24.3 Å². The molecule has 0 aliphatic heterocycles. The zero-order chi connectivity index (χ0) is 19.3. The molecule has 4 aromatic rings. The lowest BCUT2D eigenvalue weighted by Gasteiger charge is -2.15.